The fourth-order valence-corrected chi connectivity index (χ4v) is 2.63. The van der Waals surface area contributed by atoms with Crippen molar-refractivity contribution in [2.24, 2.45) is 0 Å². The van der Waals surface area contributed by atoms with E-state index >= 15 is 0 Å². The van der Waals surface area contributed by atoms with Crippen LogP contribution in [0.15, 0.2) is 30.5 Å². The Hall–Kier alpha value is -1.90. The molecule has 0 aliphatic heterocycles. The summed E-state index contributed by atoms with van der Waals surface area (Å²) in [6.07, 6.45) is 2.51. The van der Waals surface area contributed by atoms with Gasteiger partial charge in [0.15, 0.2) is 5.69 Å². The maximum atomic E-state index is 12.4. The normalized spacial score (nSPS) is 10.4. The Morgan fingerprint density at radius 3 is 2.61 bits per heavy atom. The fourth-order valence-electron chi connectivity index (χ4n) is 2.00. The van der Waals surface area contributed by atoms with Crippen LogP contribution < -0.4 is 10.6 Å². The van der Waals surface area contributed by atoms with Crippen molar-refractivity contribution in [1.82, 2.24) is 15.1 Å². The maximum Gasteiger partial charge on any atom is 0.273 e. The number of benzene rings is 1. The van der Waals surface area contributed by atoms with Gasteiger partial charge in [0.25, 0.3) is 11.8 Å². The Morgan fingerprint density at radius 1 is 1.22 bits per heavy atom. The predicted molar refractivity (Wildman–Crippen MR) is 97.6 cm³/mol. The molecule has 0 aliphatic rings. The zero-order valence-corrected chi connectivity index (χ0v) is 15.3. The van der Waals surface area contributed by atoms with E-state index in [9.17, 15) is 9.59 Å². The Bertz CT molecular complexity index is 712. The maximum absolute atomic E-state index is 12.4. The summed E-state index contributed by atoms with van der Waals surface area (Å²) in [5.74, 6) is -0.535. The van der Waals surface area contributed by atoms with Gasteiger partial charge in [-0.1, -0.05) is 19.1 Å². The van der Waals surface area contributed by atoms with Crippen LogP contribution in [0.5, 0.6) is 0 Å². The average molecular weight is 426 g/mol. The molecule has 2 N–H and O–H groups in total. The van der Waals surface area contributed by atoms with E-state index in [0.717, 1.165) is 9.99 Å². The van der Waals surface area contributed by atoms with Crippen LogP contribution in [0.3, 0.4) is 0 Å². The second-order valence-electron chi connectivity index (χ2n) is 4.94. The highest BCUT2D eigenvalue weighted by Crippen LogP contribution is 2.18. The van der Waals surface area contributed by atoms with E-state index in [2.05, 4.69) is 38.3 Å². The predicted octanol–water partition coefficient (Wildman–Crippen LogP) is 2.90. The number of aryl methyl sites for hydroxylation is 1. The smallest absolute Gasteiger partial charge is 0.273 e. The van der Waals surface area contributed by atoms with Crippen molar-refractivity contribution in [3.63, 3.8) is 0 Å². The summed E-state index contributed by atoms with van der Waals surface area (Å²) in [5.41, 5.74) is 1.22. The van der Waals surface area contributed by atoms with Gasteiger partial charge in [-0.3, -0.25) is 14.3 Å². The van der Waals surface area contributed by atoms with Gasteiger partial charge in [0.1, 0.15) is 0 Å². The summed E-state index contributed by atoms with van der Waals surface area (Å²) in [6, 6.07) is 7.29. The highest BCUT2D eigenvalue weighted by molar-refractivity contribution is 14.1. The Balaban J connectivity index is 2.25. The summed E-state index contributed by atoms with van der Waals surface area (Å²) in [7, 11) is 0. The number of rotatable bonds is 6. The van der Waals surface area contributed by atoms with E-state index in [1.54, 1.807) is 23.0 Å². The van der Waals surface area contributed by atoms with Gasteiger partial charge in [-0.2, -0.15) is 5.10 Å². The molecule has 0 aliphatic carbocycles. The minimum absolute atomic E-state index is 0.236. The molecule has 2 amide bonds. The molecule has 1 aromatic carbocycles. The number of amides is 2. The molecular weight excluding hydrogens is 407 g/mol. The van der Waals surface area contributed by atoms with Crippen LogP contribution in [0.1, 0.15) is 41.1 Å². The Kier molecular flexibility index (Phi) is 6.14. The van der Waals surface area contributed by atoms with Gasteiger partial charge in [0, 0.05) is 22.9 Å². The van der Waals surface area contributed by atoms with Crippen molar-refractivity contribution in [2.45, 2.75) is 26.8 Å². The number of aromatic nitrogens is 2. The van der Waals surface area contributed by atoms with Crippen LogP contribution in [-0.4, -0.2) is 28.1 Å². The lowest BCUT2D eigenvalue weighted by molar-refractivity contribution is 0.0948. The first-order valence-corrected chi connectivity index (χ1v) is 8.56. The molecular formula is C16H19IN4O2. The number of hydrogen-bond donors (Lipinski definition) is 2. The number of carbonyl (C=O) groups excluding carboxylic acids is 2. The summed E-state index contributed by atoms with van der Waals surface area (Å²) in [6.45, 7) is 5.09. The van der Waals surface area contributed by atoms with E-state index < -0.39 is 0 Å². The highest BCUT2D eigenvalue weighted by atomic mass is 127. The Morgan fingerprint density at radius 2 is 1.96 bits per heavy atom. The van der Waals surface area contributed by atoms with Gasteiger partial charge in [-0.05, 0) is 48.1 Å². The first kappa shape index (κ1) is 17.5. The first-order chi connectivity index (χ1) is 11.1. The first-order valence-electron chi connectivity index (χ1n) is 7.48. The zero-order valence-electron chi connectivity index (χ0n) is 13.1. The SMILES string of the molecule is CCCNC(=O)c1nn(CC)cc1NC(=O)c1ccccc1I. The molecule has 0 fully saturated rings. The van der Waals surface area contributed by atoms with Crippen LogP contribution >= 0.6 is 22.6 Å². The van der Waals surface area contributed by atoms with Crippen molar-refractivity contribution < 1.29 is 9.59 Å². The summed E-state index contributed by atoms with van der Waals surface area (Å²) in [4.78, 5) is 24.6. The molecule has 0 bridgehead atoms. The molecule has 0 unspecified atom stereocenters. The molecule has 23 heavy (non-hydrogen) atoms. The second kappa shape index (κ2) is 8.09. The topological polar surface area (TPSA) is 76.0 Å². The quantitative estimate of drug-likeness (QED) is 0.698. The lowest BCUT2D eigenvalue weighted by atomic mass is 10.2. The largest absolute Gasteiger partial charge is 0.351 e. The number of hydrogen-bond acceptors (Lipinski definition) is 3. The van der Waals surface area contributed by atoms with Gasteiger partial charge in [0.2, 0.25) is 0 Å². The van der Waals surface area contributed by atoms with Crippen molar-refractivity contribution in [2.75, 3.05) is 11.9 Å². The van der Waals surface area contributed by atoms with Gasteiger partial charge in [-0.15, -0.1) is 0 Å². The molecule has 122 valence electrons. The molecule has 0 radical (unpaired) electrons. The van der Waals surface area contributed by atoms with E-state index in [-0.39, 0.29) is 17.5 Å². The lowest BCUT2D eigenvalue weighted by Crippen LogP contribution is -2.26. The number of halogens is 1. The van der Waals surface area contributed by atoms with Gasteiger partial charge >= 0.3 is 0 Å². The van der Waals surface area contributed by atoms with E-state index in [1.165, 1.54) is 0 Å². The number of carbonyl (C=O) groups is 2. The van der Waals surface area contributed by atoms with Crippen molar-refractivity contribution in [3.8, 4) is 0 Å². The van der Waals surface area contributed by atoms with Gasteiger partial charge < -0.3 is 10.6 Å². The highest BCUT2D eigenvalue weighted by Gasteiger charge is 2.19. The lowest BCUT2D eigenvalue weighted by Gasteiger charge is -2.07. The molecule has 1 heterocycles. The molecule has 0 saturated heterocycles. The third-order valence-corrected chi connectivity index (χ3v) is 4.14. The minimum Gasteiger partial charge on any atom is -0.351 e. The number of nitrogens with zero attached hydrogens (tertiary/aromatic N) is 2. The molecule has 0 spiro atoms. The molecule has 7 heteroatoms. The summed E-state index contributed by atoms with van der Waals surface area (Å²) >= 11 is 2.11. The van der Waals surface area contributed by atoms with Crippen LogP contribution in [0, 0.1) is 3.57 Å². The van der Waals surface area contributed by atoms with E-state index in [1.807, 2.05) is 26.0 Å². The van der Waals surface area contributed by atoms with Crippen LogP contribution in [0.2, 0.25) is 0 Å². The van der Waals surface area contributed by atoms with E-state index in [4.69, 9.17) is 0 Å². The van der Waals surface area contributed by atoms with Crippen LogP contribution in [0.25, 0.3) is 0 Å². The van der Waals surface area contributed by atoms with E-state index in [0.29, 0.717) is 24.3 Å². The molecule has 6 nitrogen and oxygen atoms in total. The summed E-state index contributed by atoms with van der Waals surface area (Å²) in [5, 5.41) is 9.81. The van der Waals surface area contributed by atoms with Crippen LogP contribution in [-0.2, 0) is 6.54 Å². The van der Waals surface area contributed by atoms with Gasteiger partial charge in [0.05, 0.1) is 11.3 Å². The van der Waals surface area contributed by atoms with Crippen molar-refractivity contribution in [3.05, 3.63) is 45.3 Å². The molecule has 2 rings (SSSR count). The van der Waals surface area contributed by atoms with Crippen molar-refractivity contribution in [1.29, 1.82) is 0 Å². The standard InChI is InChI=1S/C16H19IN4O2/c1-3-9-18-16(23)14-13(10-21(4-2)20-14)19-15(22)11-7-5-6-8-12(11)17/h5-8,10H,3-4,9H2,1-2H3,(H,18,23)(H,19,22). The fraction of sp³-hybridized carbons (Fsp3) is 0.312. The third kappa shape index (κ3) is 4.31. The number of anilines is 1. The third-order valence-electron chi connectivity index (χ3n) is 3.20. The monoisotopic (exact) mass is 426 g/mol. The average Bonchev–Trinajstić information content (AvgIpc) is 2.96. The van der Waals surface area contributed by atoms with Crippen LogP contribution in [0.4, 0.5) is 5.69 Å². The molecule has 0 saturated carbocycles. The summed E-state index contributed by atoms with van der Waals surface area (Å²) < 4.78 is 2.48. The Labute approximate surface area is 148 Å². The minimum atomic E-state index is -0.280. The molecule has 2 aromatic rings. The second-order valence-corrected chi connectivity index (χ2v) is 6.10. The zero-order chi connectivity index (χ0) is 16.8. The number of nitrogens with one attached hydrogen (secondary N) is 2. The van der Waals surface area contributed by atoms with Gasteiger partial charge in [-0.25, -0.2) is 0 Å². The molecule has 1 aromatic heterocycles. The van der Waals surface area contributed by atoms with Crippen molar-refractivity contribution >= 4 is 40.1 Å². The molecule has 0 atom stereocenters.